The number of cyclic esters (lactones) is 1. The Kier molecular flexibility index (Phi) is 23.0. The topological polar surface area (TPSA) is 235 Å². The number of hydrogen-bond acceptors (Lipinski definition) is 11. The molecule has 2 saturated heterocycles. The number of benzene rings is 2. The number of ether oxygens (including phenoxy) is 1. The van der Waals surface area contributed by atoms with Crippen LogP contribution in [0.25, 0.3) is 0 Å². The summed E-state index contributed by atoms with van der Waals surface area (Å²) in [6.07, 6.45) is -0.247. The average molecular weight is 1090 g/mol. The van der Waals surface area contributed by atoms with Crippen molar-refractivity contribution in [3.05, 3.63) is 71.8 Å². The number of carbonyl (C=O) groups is 9. The van der Waals surface area contributed by atoms with Gasteiger partial charge in [-0.15, -0.1) is 0 Å². The third-order valence-corrected chi connectivity index (χ3v) is 15.3. The van der Waals surface area contributed by atoms with Crippen molar-refractivity contribution in [2.75, 3.05) is 34.7 Å². The van der Waals surface area contributed by atoms with Gasteiger partial charge in [-0.1, -0.05) is 136 Å². The second kappa shape index (κ2) is 28.0. The van der Waals surface area contributed by atoms with Crippen LogP contribution in [0.15, 0.2) is 60.7 Å². The highest BCUT2D eigenvalue weighted by molar-refractivity contribution is 5.99. The first-order valence-corrected chi connectivity index (χ1v) is 27.7. The first-order chi connectivity index (χ1) is 36.4. The van der Waals surface area contributed by atoms with Gasteiger partial charge in [-0.2, -0.15) is 0 Å². The van der Waals surface area contributed by atoms with E-state index in [1.165, 1.54) is 61.6 Å². The molecule has 4 N–H and O–H groups in total. The molecule has 2 aliphatic heterocycles. The van der Waals surface area contributed by atoms with Gasteiger partial charge in [0, 0.05) is 47.6 Å². The van der Waals surface area contributed by atoms with Gasteiger partial charge >= 0.3 is 5.97 Å². The Balaban J connectivity index is 1.96. The summed E-state index contributed by atoms with van der Waals surface area (Å²) < 4.78 is 6.00. The lowest BCUT2D eigenvalue weighted by molar-refractivity contribution is -0.177. The Labute approximate surface area is 462 Å². The number of aliphatic hydroxyl groups is 1. The Bertz CT molecular complexity index is 2410. The highest BCUT2D eigenvalue weighted by Crippen LogP contribution is 2.27. The number of hydrogen-bond donors (Lipinski definition) is 4. The van der Waals surface area contributed by atoms with Gasteiger partial charge in [0.2, 0.25) is 41.4 Å². The molecule has 78 heavy (non-hydrogen) atoms. The molecule has 4 rings (SSSR count). The van der Waals surface area contributed by atoms with Crippen LogP contribution >= 0.6 is 0 Å². The van der Waals surface area contributed by atoms with Gasteiger partial charge in [-0.25, -0.2) is 4.79 Å². The Hall–Kier alpha value is -6.37. The van der Waals surface area contributed by atoms with Crippen molar-refractivity contribution in [1.82, 2.24) is 40.4 Å². The highest BCUT2D eigenvalue weighted by Gasteiger charge is 2.48. The summed E-state index contributed by atoms with van der Waals surface area (Å²) in [4.78, 5) is 140. The monoisotopic (exact) mass is 1090 g/mol. The van der Waals surface area contributed by atoms with E-state index in [0.717, 1.165) is 10.5 Å². The first-order valence-electron chi connectivity index (χ1n) is 27.7. The molecule has 0 aromatic heterocycles. The molecule has 0 saturated carbocycles. The molecule has 432 valence electrons. The second-order valence-corrected chi connectivity index (χ2v) is 23.5. The van der Waals surface area contributed by atoms with Crippen LogP contribution < -0.4 is 16.0 Å². The van der Waals surface area contributed by atoms with Crippen LogP contribution in [0.5, 0.6) is 0 Å². The zero-order valence-corrected chi connectivity index (χ0v) is 49.1. The highest BCUT2D eigenvalue weighted by atomic mass is 16.6. The smallest absolute Gasteiger partial charge is 0.332 e. The molecule has 2 aromatic rings. The zero-order chi connectivity index (χ0) is 58.7. The zero-order valence-electron chi connectivity index (χ0n) is 49.1. The number of rotatable bonds is 12. The van der Waals surface area contributed by atoms with Crippen LogP contribution in [0, 0.1) is 29.6 Å². The summed E-state index contributed by atoms with van der Waals surface area (Å²) in [5.74, 6) is -8.74. The van der Waals surface area contributed by atoms with Gasteiger partial charge in [0.05, 0.1) is 5.60 Å². The SMILES string of the molecule is CC[C@H](C)[C@@H]1NC(=O)[C@@H]2CCCN2C(=O)[C@H](Cc2ccccc2)N(C)C(=O)[C@H](Cc2ccccc2)NC(=O)[C@@H](C(C)C)N(C)C(=O)[C@H](C(C)C)OC(=O)[C@H](C(C)(C)O)N(C)C(=O)[C@@H](CC(C)C)NC(=O)[C@@H](C(C)C)N(C)C1=O. The van der Waals surface area contributed by atoms with E-state index in [4.69, 9.17) is 4.74 Å². The maximum Gasteiger partial charge on any atom is 0.332 e. The van der Waals surface area contributed by atoms with Crippen molar-refractivity contribution in [1.29, 1.82) is 0 Å². The maximum atomic E-state index is 15.3. The molecule has 19 heteroatoms. The molecular weight excluding hydrogens is 997 g/mol. The number of nitrogens with zero attached hydrogens (tertiary/aromatic N) is 5. The van der Waals surface area contributed by atoms with Gasteiger partial charge in [0.1, 0.15) is 42.3 Å². The molecular formula is C59H90N8O11. The number of esters is 1. The number of nitrogens with one attached hydrogen (secondary N) is 3. The minimum absolute atomic E-state index is 0.00763. The predicted molar refractivity (Wildman–Crippen MR) is 297 cm³/mol. The van der Waals surface area contributed by atoms with E-state index in [0.29, 0.717) is 18.4 Å². The van der Waals surface area contributed by atoms with Crippen LogP contribution in [0.2, 0.25) is 0 Å². The summed E-state index contributed by atoms with van der Waals surface area (Å²) in [7, 11) is 5.64. The molecule has 2 fully saturated rings. The lowest BCUT2D eigenvalue weighted by Gasteiger charge is -2.39. The fourth-order valence-corrected chi connectivity index (χ4v) is 10.8. The average Bonchev–Trinajstić information content (AvgIpc) is 3.88. The third kappa shape index (κ3) is 15.9. The van der Waals surface area contributed by atoms with E-state index < -0.39 is 137 Å². The fourth-order valence-electron chi connectivity index (χ4n) is 10.8. The van der Waals surface area contributed by atoms with Gasteiger partial charge < -0.3 is 50.3 Å². The minimum Gasteiger partial charge on any atom is -0.450 e. The molecule has 0 bridgehead atoms. The van der Waals surface area contributed by atoms with E-state index in [9.17, 15) is 38.7 Å². The molecule has 2 aromatic carbocycles. The number of likely N-dealkylation sites (N-methyl/N-ethyl adjacent to an activating group) is 4. The van der Waals surface area contributed by atoms with E-state index in [1.807, 2.05) is 57.2 Å². The van der Waals surface area contributed by atoms with Gasteiger partial charge in [-0.3, -0.25) is 38.4 Å². The molecule has 0 spiro atoms. The number of amides is 8. The van der Waals surface area contributed by atoms with Crippen molar-refractivity contribution in [2.45, 2.75) is 182 Å². The van der Waals surface area contributed by atoms with Crippen LogP contribution in [0.3, 0.4) is 0 Å². The number of fused-ring (bicyclic) bond motifs is 1. The van der Waals surface area contributed by atoms with E-state index in [-0.39, 0.29) is 38.1 Å². The van der Waals surface area contributed by atoms with Crippen LogP contribution in [-0.4, -0.2) is 178 Å². The molecule has 8 amide bonds. The first kappa shape index (κ1) is 64.2. The quantitative estimate of drug-likeness (QED) is 0.222. The molecule has 2 aliphatic rings. The lowest BCUT2D eigenvalue weighted by Crippen LogP contribution is -2.63. The number of carbonyl (C=O) groups excluding carboxylic acids is 9. The lowest BCUT2D eigenvalue weighted by atomic mass is 9.93. The van der Waals surface area contributed by atoms with Crippen LogP contribution in [-0.2, 0) is 60.7 Å². The van der Waals surface area contributed by atoms with Crippen LogP contribution in [0.1, 0.15) is 120 Å². The summed E-state index contributed by atoms with van der Waals surface area (Å²) in [6.45, 7) is 20.4. The van der Waals surface area contributed by atoms with Gasteiger partial charge in [0.15, 0.2) is 12.1 Å². The van der Waals surface area contributed by atoms with E-state index in [1.54, 1.807) is 72.7 Å². The molecule has 19 nitrogen and oxygen atoms in total. The standard InChI is InChI=1S/C59H90N8O11/c1-17-38(10)45-56(74)64(14)46(35(4)5)51(69)60-41(31-34(2)3)54(72)66(16)49(59(11,12)77)58(76)78-48(37(8)9)57(75)65(15)47(36(6)7)52(70)61-42(32-39-25-20-18-21-26-39)53(71)63(13)44(33-40-27-22-19-23-28-40)55(73)67-30-24-29-43(67)50(68)62-45/h18-23,25-28,34-38,41-49,77H,17,24,29-33H2,1-16H3,(H,60,69)(H,61,70)(H,62,68)/t38-,41+,42-,43-,44-,45-,46+,47+,48-,49+/m0/s1. The molecule has 2 heterocycles. The Morgan fingerprint density at radius 3 is 1.55 bits per heavy atom. The van der Waals surface area contributed by atoms with Gasteiger partial charge in [-0.05, 0) is 73.8 Å². The third-order valence-electron chi connectivity index (χ3n) is 15.3. The van der Waals surface area contributed by atoms with Crippen LogP contribution in [0.4, 0.5) is 0 Å². The molecule has 10 atom stereocenters. The predicted octanol–water partition coefficient (Wildman–Crippen LogP) is 3.98. The second-order valence-electron chi connectivity index (χ2n) is 23.5. The fraction of sp³-hybridized carbons (Fsp3) is 0.644. The summed E-state index contributed by atoms with van der Waals surface area (Å²) >= 11 is 0. The largest absolute Gasteiger partial charge is 0.450 e. The summed E-state index contributed by atoms with van der Waals surface area (Å²) in [6, 6.07) is 8.08. The molecule has 0 aliphatic carbocycles. The van der Waals surface area contributed by atoms with E-state index >= 15 is 9.59 Å². The van der Waals surface area contributed by atoms with Crippen molar-refractivity contribution in [3.63, 3.8) is 0 Å². The van der Waals surface area contributed by atoms with E-state index in [2.05, 4.69) is 16.0 Å². The molecule has 0 unspecified atom stereocenters. The van der Waals surface area contributed by atoms with Crippen molar-refractivity contribution < 1.29 is 53.0 Å². The van der Waals surface area contributed by atoms with Crippen molar-refractivity contribution >= 4 is 53.2 Å². The maximum absolute atomic E-state index is 15.3. The van der Waals surface area contributed by atoms with Crippen molar-refractivity contribution in [2.24, 2.45) is 29.6 Å². The summed E-state index contributed by atoms with van der Waals surface area (Å²) in [5, 5.41) is 20.4. The van der Waals surface area contributed by atoms with Gasteiger partial charge in [0.25, 0.3) is 5.91 Å². The summed E-state index contributed by atoms with van der Waals surface area (Å²) in [5.41, 5.74) is -0.553. The normalized spacial score (nSPS) is 26.3. The molecule has 0 radical (unpaired) electrons. The Morgan fingerprint density at radius 2 is 1.08 bits per heavy atom. The van der Waals surface area contributed by atoms with Crippen molar-refractivity contribution in [3.8, 4) is 0 Å². The minimum atomic E-state index is -1.97. The Morgan fingerprint density at radius 1 is 0.590 bits per heavy atom.